The van der Waals surface area contributed by atoms with E-state index in [9.17, 15) is 14.9 Å². The van der Waals surface area contributed by atoms with Gasteiger partial charge in [-0.1, -0.05) is 24.3 Å². The molecule has 1 amide bonds. The number of esters is 1. The summed E-state index contributed by atoms with van der Waals surface area (Å²) in [6.45, 7) is 0. The monoisotopic (exact) mass is 602 g/mol. The zero-order valence-electron chi connectivity index (χ0n) is 16.8. The van der Waals surface area contributed by atoms with E-state index < -0.39 is 11.9 Å². The summed E-state index contributed by atoms with van der Waals surface area (Å²) in [5.74, 6) is -0.614. The molecule has 0 unspecified atom stereocenters. The van der Waals surface area contributed by atoms with E-state index in [2.05, 4.69) is 43.8 Å². The van der Waals surface area contributed by atoms with Crippen LogP contribution in [0.2, 0.25) is 0 Å². The summed E-state index contributed by atoms with van der Waals surface area (Å²) in [5, 5.41) is 12.2. The van der Waals surface area contributed by atoms with Crippen LogP contribution in [0.5, 0.6) is 11.5 Å². The van der Waals surface area contributed by atoms with Crippen molar-refractivity contribution in [3.63, 3.8) is 0 Å². The molecular formula is C24H16BrIN2O4. The van der Waals surface area contributed by atoms with Crippen LogP contribution in [0.3, 0.4) is 0 Å². The first-order valence-corrected chi connectivity index (χ1v) is 11.1. The fourth-order valence-electron chi connectivity index (χ4n) is 2.73. The van der Waals surface area contributed by atoms with Crippen LogP contribution in [0.4, 0.5) is 5.69 Å². The predicted molar refractivity (Wildman–Crippen MR) is 133 cm³/mol. The van der Waals surface area contributed by atoms with Gasteiger partial charge in [-0.15, -0.1) is 0 Å². The van der Waals surface area contributed by atoms with E-state index >= 15 is 0 Å². The number of ether oxygens (including phenoxy) is 2. The second-order valence-electron chi connectivity index (χ2n) is 6.42. The summed E-state index contributed by atoms with van der Waals surface area (Å²) in [6, 6.07) is 20.9. The number of anilines is 1. The highest BCUT2D eigenvalue weighted by Crippen LogP contribution is 2.37. The highest BCUT2D eigenvalue weighted by atomic mass is 127. The van der Waals surface area contributed by atoms with Gasteiger partial charge in [-0.05, 0) is 92.6 Å². The van der Waals surface area contributed by atoms with Crippen molar-refractivity contribution in [2.45, 2.75) is 0 Å². The molecule has 32 heavy (non-hydrogen) atoms. The van der Waals surface area contributed by atoms with Crippen molar-refractivity contribution in [1.29, 1.82) is 5.26 Å². The number of nitrogens with zero attached hydrogens (tertiary/aromatic N) is 1. The topological polar surface area (TPSA) is 88.4 Å². The minimum Gasteiger partial charge on any atom is -0.493 e. The SMILES string of the molecule is COc1cc(/C=C(\C#N)C(=O)Nc2cccc(I)c2)cc(Br)c1OC(=O)c1ccccc1. The number of benzene rings is 3. The normalized spacial score (nSPS) is 10.8. The molecule has 0 saturated carbocycles. The van der Waals surface area contributed by atoms with Gasteiger partial charge in [0.05, 0.1) is 17.1 Å². The summed E-state index contributed by atoms with van der Waals surface area (Å²) in [6.07, 6.45) is 1.43. The fourth-order valence-corrected chi connectivity index (χ4v) is 3.81. The average Bonchev–Trinajstić information content (AvgIpc) is 2.79. The van der Waals surface area contributed by atoms with Gasteiger partial charge in [0.15, 0.2) is 11.5 Å². The molecule has 6 nitrogen and oxygen atoms in total. The minimum atomic E-state index is -0.539. The molecule has 3 rings (SSSR count). The second kappa shape index (κ2) is 10.9. The number of hydrogen-bond donors (Lipinski definition) is 1. The molecule has 0 fully saturated rings. The first-order chi connectivity index (χ1) is 15.4. The van der Waals surface area contributed by atoms with Crippen LogP contribution in [0.15, 0.2) is 76.8 Å². The van der Waals surface area contributed by atoms with E-state index in [1.165, 1.54) is 13.2 Å². The fraction of sp³-hybridized carbons (Fsp3) is 0.0417. The van der Waals surface area contributed by atoms with Gasteiger partial charge in [0, 0.05) is 9.26 Å². The molecule has 0 aromatic heterocycles. The molecule has 0 heterocycles. The summed E-state index contributed by atoms with van der Waals surface area (Å²) in [5.41, 5.74) is 1.41. The largest absolute Gasteiger partial charge is 0.493 e. The lowest BCUT2D eigenvalue weighted by Crippen LogP contribution is -2.13. The van der Waals surface area contributed by atoms with E-state index in [1.807, 2.05) is 18.2 Å². The third-order valence-corrected chi connectivity index (χ3v) is 5.47. The van der Waals surface area contributed by atoms with Crippen molar-refractivity contribution in [2.75, 3.05) is 12.4 Å². The summed E-state index contributed by atoms with van der Waals surface area (Å²) in [7, 11) is 1.43. The Morgan fingerprint density at radius 2 is 1.84 bits per heavy atom. The van der Waals surface area contributed by atoms with Gasteiger partial charge in [-0.3, -0.25) is 4.79 Å². The van der Waals surface area contributed by atoms with Crippen LogP contribution in [0.25, 0.3) is 6.08 Å². The molecule has 0 atom stereocenters. The van der Waals surface area contributed by atoms with E-state index in [-0.39, 0.29) is 17.1 Å². The van der Waals surface area contributed by atoms with Gasteiger partial charge in [0.2, 0.25) is 0 Å². The van der Waals surface area contributed by atoms with E-state index in [1.54, 1.807) is 54.6 Å². The Morgan fingerprint density at radius 1 is 1.09 bits per heavy atom. The zero-order valence-corrected chi connectivity index (χ0v) is 20.5. The Morgan fingerprint density at radius 3 is 2.50 bits per heavy atom. The Hall–Kier alpha value is -3.16. The van der Waals surface area contributed by atoms with E-state index in [0.29, 0.717) is 21.3 Å². The molecule has 3 aromatic rings. The number of nitrogens with one attached hydrogen (secondary N) is 1. The summed E-state index contributed by atoms with van der Waals surface area (Å²) in [4.78, 5) is 25.0. The number of methoxy groups -OCH3 is 1. The van der Waals surface area contributed by atoms with Crippen molar-refractivity contribution in [2.24, 2.45) is 0 Å². The third kappa shape index (κ3) is 5.96. The summed E-state index contributed by atoms with van der Waals surface area (Å²) < 4.78 is 12.3. The standard InChI is InChI=1S/C24H16BrIN2O4/c1-31-21-12-15(10-17(14-27)23(29)28-19-9-5-8-18(26)13-19)11-20(25)22(21)32-24(30)16-6-3-2-4-7-16/h2-13H,1H3,(H,28,29)/b17-10+. The molecule has 0 aliphatic heterocycles. The first kappa shape index (κ1) is 23.5. The molecule has 0 bridgehead atoms. The predicted octanol–water partition coefficient (Wildman–Crippen LogP) is 5.83. The Bertz CT molecular complexity index is 1240. The maximum atomic E-state index is 12.6. The molecule has 1 N–H and O–H groups in total. The maximum absolute atomic E-state index is 12.6. The molecular weight excluding hydrogens is 587 g/mol. The van der Waals surface area contributed by atoms with Crippen LogP contribution in [0, 0.1) is 14.9 Å². The first-order valence-electron chi connectivity index (χ1n) is 9.24. The molecule has 0 saturated heterocycles. The van der Waals surface area contributed by atoms with Crippen LogP contribution in [-0.2, 0) is 4.79 Å². The maximum Gasteiger partial charge on any atom is 0.343 e. The van der Waals surface area contributed by atoms with Crippen molar-refractivity contribution in [3.05, 3.63) is 91.5 Å². The number of amides is 1. The zero-order chi connectivity index (χ0) is 23.1. The molecule has 0 spiro atoms. The molecule has 8 heteroatoms. The van der Waals surface area contributed by atoms with Crippen molar-refractivity contribution >= 4 is 62.2 Å². The van der Waals surface area contributed by atoms with Gasteiger partial charge < -0.3 is 14.8 Å². The quantitative estimate of drug-likeness (QED) is 0.126. The second-order valence-corrected chi connectivity index (χ2v) is 8.52. The minimum absolute atomic E-state index is 0.0909. The van der Waals surface area contributed by atoms with Crippen LogP contribution < -0.4 is 14.8 Å². The van der Waals surface area contributed by atoms with Gasteiger partial charge in [0.25, 0.3) is 5.91 Å². The van der Waals surface area contributed by atoms with Crippen molar-refractivity contribution in [1.82, 2.24) is 0 Å². The van der Waals surface area contributed by atoms with Crippen molar-refractivity contribution < 1.29 is 19.1 Å². The van der Waals surface area contributed by atoms with Gasteiger partial charge in [0.1, 0.15) is 11.6 Å². The number of carbonyl (C=O) groups is 2. The van der Waals surface area contributed by atoms with Crippen molar-refractivity contribution in [3.8, 4) is 17.6 Å². The molecule has 0 aliphatic carbocycles. The number of hydrogen-bond acceptors (Lipinski definition) is 5. The number of halogens is 2. The number of carbonyl (C=O) groups excluding carboxylic acids is 2. The molecule has 0 aliphatic rings. The van der Waals surface area contributed by atoms with E-state index in [4.69, 9.17) is 9.47 Å². The lowest BCUT2D eigenvalue weighted by molar-refractivity contribution is -0.112. The lowest BCUT2D eigenvalue weighted by atomic mass is 10.1. The highest BCUT2D eigenvalue weighted by molar-refractivity contribution is 14.1. The molecule has 0 radical (unpaired) electrons. The van der Waals surface area contributed by atoms with Crippen LogP contribution >= 0.6 is 38.5 Å². The van der Waals surface area contributed by atoms with Crippen LogP contribution in [0.1, 0.15) is 15.9 Å². The van der Waals surface area contributed by atoms with Gasteiger partial charge >= 0.3 is 5.97 Å². The molecule has 3 aromatic carbocycles. The Balaban J connectivity index is 1.86. The molecule has 160 valence electrons. The van der Waals surface area contributed by atoms with E-state index in [0.717, 1.165) is 3.57 Å². The van der Waals surface area contributed by atoms with Gasteiger partial charge in [-0.25, -0.2) is 4.79 Å². The summed E-state index contributed by atoms with van der Waals surface area (Å²) >= 11 is 5.52. The Kier molecular flexibility index (Phi) is 8.03. The average molecular weight is 603 g/mol. The number of nitriles is 1. The third-order valence-electron chi connectivity index (χ3n) is 4.21. The smallest absolute Gasteiger partial charge is 0.343 e. The highest BCUT2D eigenvalue weighted by Gasteiger charge is 2.17. The van der Waals surface area contributed by atoms with Gasteiger partial charge in [-0.2, -0.15) is 5.26 Å². The van der Waals surface area contributed by atoms with Crippen LogP contribution in [-0.4, -0.2) is 19.0 Å². The Labute approximate surface area is 207 Å². The lowest BCUT2D eigenvalue weighted by Gasteiger charge is -2.12. The number of rotatable bonds is 6.